The van der Waals surface area contributed by atoms with Crippen LogP contribution >= 0.6 is 0 Å². The third-order valence-electron chi connectivity index (χ3n) is 4.91. The summed E-state index contributed by atoms with van der Waals surface area (Å²) in [4.78, 5) is 21.3. The van der Waals surface area contributed by atoms with Crippen LogP contribution < -0.4 is 10.6 Å². The summed E-state index contributed by atoms with van der Waals surface area (Å²) in [5.74, 6) is 1.23. The molecule has 0 spiro atoms. The second-order valence-corrected chi connectivity index (χ2v) is 9.40. The number of carbonyl (C=O) groups excluding carboxylic acids is 1. The maximum atomic E-state index is 12.8. The van der Waals surface area contributed by atoms with Crippen molar-refractivity contribution in [3.63, 3.8) is 0 Å². The Labute approximate surface area is 174 Å². The number of anilines is 4. The number of ketones is 1. The van der Waals surface area contributed by atoms with E-state index in [2.05, 4.69) is 25.7 Å². The van der Waals surface area contributed by atoms with Gasteiger partial charge in [-0.3, -0.25) is 9.48 Å². The molecular weight excluding hydrogens is 404 g/mol. The lowest BCUT2D eigenvalue weighted by molar-refractivity contribution is 0.0968. The van der Waals surface area contributed by atoms with E-state index in [-0.39, 0.29) is 22.4 Å². The molecule has 0 atom stereocenters. The topological polar surface area (TPSA) is 119 Å². The molecule has 0 bridgehead atoms. The maximum absolute atomic E-state index is 12.8. The second kappa shape index (κ2) is 7.52. The number of pyridine rings is 2. The Morgan fingerprint density at radius 2 is 1.93 bits per heavy atom. The van der Waals surface area contributed by atoms with Gasteiger partial charge in [0.2, 0.25) is 0 Å². The Balaban J connectivity index is 1.73. The van der Waals surface area contributed by atoms with Crippen molar-refractivity contribution in [1.29, 1.82) is 0 Å². The quantitative estimate of drug-likeness (QED) is 0.554. The summed E-state index contributed by atoms with van der Waals surface area (Å²) in [5.41, 5.74) is 1.83. The first-order valence-electron chi connectivity index (χ1n) is 9.46. The third kappa shape index (κ3) is 4.18. The largest absolute Gasteiger partial charge is 0.338 e. The van der Waals surface area contributed by atoms with Gasteiger partial charge in [0.05, 0.1) is 11.3 Å². The van der Waals surface area contributed by atoms with Gasteiger partial charge in [-0.1, -0.05) is 0 Å². The third-order valence-corrected chi connectivity index (χ3v) is 6.04. The van der Waals surface area contributed by atoms with Crippen LogP contribution in [0.4, 0.5) is 23.1 Å². The van der Waals surface area contributed by atoms with Crippen LogP contribution in [0.25, 0.3) is 0 Å². The van der Waals surface area contributed by atoms with Crippen molar-refractivity contribution in [3.05, 3.63) is 47.9 Å². The van der Waals surface area contributed by atoms with E-state index in [1.807, 2.05) is 20.0 Å². The fraction of sp³-hybridized carbons (Fsp3) is 0.300. The number of hydrogen-bond donors (Lipinski definition) is 2. The number of rotatable bonds is 7. The van der Waals surface area contributed by atoms with Gasteiger partial charge in [-0.15, -0.1) is 0 Å². The molecule has 30 heavy (non-hydrogen) atoms. The first-order valence-corrected chi connectivity index (χ1v) is 11.4. The number of sulfone groups is 1. The molecule has 0 saturated heterocycles. The molecule has 0 radical (unpaired) electrons. The minimum absolute atomic E-state index is 0.0114. The van der Waals surface area contributed by atoms with Crippen molar-refractivity contribution >= 4 is 38.8 Å². The lowest BCUT2D eigenvalue weighted by Crippen LogP contribution is -2.10. The van der Waals surface area contributed by atoms with Crippen molar-refractivity contribution in [2.45, 2.75) is 24.7 Å². The summed E-state index contributed by atoms with van der Waals surface area (Å²) in [7, 11) is -1.67. The highest BCUT2D eigenvalue weighted by Crippen LogP contribution is 2.36. The normalized spacial score (nSPS) is 13.8. The van der Waals surface area contributed by atoms with Crippen molar-refractivity contribution in [3.8, 4) is 0 Å². The smallest absolute Gasteiger partial charge is 0.179 e. The summed E-state index contributed by atoms with van der Waals surface area (Å²) in [6.07, 6.45) is 5.82. The van der Waals surface area contributed by atoms with Gasteiger partial charge >= 0.3 is 0 Å². The molecule has 1 aliphatic carbocycles. The van der Waals surface area contributed by atoms with Gasteiger partial charge in [0, 0.05) is 49.4 Å². The standard InChI is InChI=1S/C20H22N6O3S/c1-12-9-18(25-26(12)2)24-17-10-15(14(11-22-17)19(27)13-6-7-13)23-20-16(30(3,28)29)5-4-8-21-20/h4-5,8-11,13H,6-7H2,1-3H3,(H2,21,22,23,24,25). The molecule has 1 aliphatic rings. The highest BCUT2D eigenvalue weighted by molar-refractivity contribution is 7.90. The molecule has 9 nitrogen and oxygen atoms in total. The van der Waals surface area contributed by atoms with Crippen LogP contribution in [0.3, 0.4) is 0 Å². The molecule has 10 heteroatoms. The molecule has 1 fully saturated rings. The Kier molecular flexibility index (Phi) is 5.02. The molecule has 3 aromatic rings. The number of nitrogens with one attached hydrogen (secondary N) is 2. The van der Waals surface area contributed by atoms with E-state index in [1.165, 1.54) is 18.5 Å². The average Bonchev–Trinajstić information content (AvgIpc) is 3.48. The molecular formula is C20H22N6O3S. The van der Waals surface area contributed by atoms with E-state index < -0.39 is 9.84 Å². The van der Waals surface area contributed by atoms with Gasteiger partial charge < -0.3 is 10.6 Å². The number of aromatic nitrogens is 4. The molecule has 156 valence electrons. The van der Waals surface area contributed by atoms with Gasteiger partial charge in [0.1, 0.15) is 16.5 Å². The summed E-state index contributed by atoms with van der Waals surface area (Å²) < 4.78 is 26.0. The summed E-state index contributed by atoms with van der Waals surface area (Å²) in [5, 5.41) is 10.5. The predicted octanol–water partition coefficient (Wildman–Crippen LogP) is 3.00. The van der Waals surface area contributed by atoms with Crippen molar-refractivity contribution in [2.24, 2.45) is 13.0 Å². The molecule has 3 aromatic heterocycles. The Morgan fingerprint density at radius 3 is 2.57 bits per heavy atom. The zero-order chi connectivity index (χ0) is 21.5. The Bertz CT molecular complexity index is 1210. The predicted molar refractivity (Wildman–Crippen MR) is 113 cm³/mol. The lowest BCUT2D eigenvalue weighted by atomic mass is 10.1. The van der Waals surface area contributed by atoms with Crippen molar-refractivity contribution < 1.29 is 13.2 Å². The highest BCUT2D eigenvalue weighted by Gasteiger charge is 2.32. The molecule has 0 aromatic carbocycles. The van der Waals surface area contributed by atoms with Crippen LogP contribution in [0.1, 0.15) is 28.9 Å². The van der Waals surface area contributed by atoms with Crippen LogP contribution in [-0.2, 0) is 16.9 Å². The number of carbonyl (C=O) groups is 1. The molecule has 3 heterocycles. The van der Waals surface area contributed by atoms with Crippen LogP contribution in [0.2, 0.25) is 0 Å². The SMILES string of the molecule is Cc1cc(Nc2cc(Nc3ncccc3S(C)(=O)=O)c(C(=O)C3CC3)cn2)nn1C. The van der Waals surface area contributed by atoms with Gasteiger partial charge in [-0.25, -0.2) is 18.4 Å². The maximum Gasteiger partial charge on any atom is 0.179 e. The van der Waals surface area contributed by atoms with Gasteiger partial charge in [0.25, 0.3) is 0 Å². The van der Waals surface area contributed by atoms with Crippen LogP contribution in [-0.4, -0.2) is 40.2 Å². The second-order valence-electron chi connectivity index (χ2n) is 7.42. The molecule has 2 N–H and O–H groups in total. The Morgan fingerprint density at radius 1 is 1.17 bits per heavy atom. The van der Waals surface area contributed by atoms with Crippen LogP contribution in [0.5, 0.6) is 0 Å². The number of hydrogen-bond acceptors (Lipinski definition) is 8. The van der Waals surface area contributed by atoms with E-state index in [1.54, 1.807) is 16.8 Å². The average molecular weight is 427 g/mol. The summed E-state index contributed by atoms with van der Waals surface area (Å²) in [6, 6.07) is 6.57. The van der Waals surface area contributed by atoms with Crippen LogP contribution in [0.15, 0.2) is 41.6 Å². The van der Waals surface area contributed by atoms with E-state index in [0.29, 0.717) is 22.9 Å². The van der Waals surface area contributed by atoms with Gasteiger partial charge in [-0.2, -0.15) is 5.10 Å². The molecule has 4 rings (SSSR count). The number of aryl methyl sites for hydroxylation is 2. The molecule has 0 aliphatic heterocycles. The first kappa shape index (κ1) is 20.0. The highest BCUT2D eigenvalue weighted by atomic mass is 32.2. The van der Waals surface area contributed by atoms with Gasteiger partial charge in [0.15, 0.2) is 21.4 Å². The fourth-order valence-electron chi connectivity index (χ4n) is 3.05. The minimum Gasteiger partial charge on any atom is -0.338 e. The molecule has 0 amide bonds. The zero-order valence-corrected chi connectivity index (χ0v) is 17.7. The fourth-order valence-corrected chi connectivity index (χ4v) is 3.83. The number of nitrogens with zero attached hydrogens (tertiary/aromatic N) is 4. The van der Waals surface area contributed by atoms with Crippen LogP contribution in [0, 0.1) is 12.8 Å². The van der Waals surface area contributed by atoms with E-state index >= 15 is 0 Å². The summed E-state index contributed by atoms with van der Waals surface area (Å²) in [6.45, 7) is 1.93. The van der Waals surface area contributed by atoms with Crippen molar-refractivity contribution in [2.75, 3.05) is 16.9 Å². The zero-order valence-electron chi connectivity index (χ0n) is 16.9. The molecule has 0 unspecified atom stereocenters. The lowest BCUT2D eigenvalue weighted by Gasteiger charge is -2.14. The monoisotopic (exact) mass is 426 g/mol. The van der Waals surface area contributed by atoms with Crippen molar-refractivity contribution in [1.82, 2.24) is 19.7 Å². The number of Topliss-reactive ketones (excluding diaryl/α,β-unsaturated/α-hetero) is 1. The first-order chi connectivity index (χ1) is 14.2. The molecule has 1 saturated carbocycles. The van der Waals surface area contributed by atoms with E-state index in [0.717, 1.165) is 24.8 Å². The van der Waals surface area contributed by atoms with E-state index in [4.69, 9.17) is 0 Å². The van der Waals surface area contributed by atoms with E-state index in [9.17, 15) is 13.2 Å². The van der Waals surface area contributed by atoms with Gasteiger partial charge in [-0.05, 0) is 31.9 Å². The summed E-state index contributed by atoms with van der Waals surface area (Å²) >= 11 is 0. The minimum atomic E-state index is -3.51. The Hall–Kier alpha value is -3.27.